The largest absolute Gasteiger partial charge is 0.371 e. The minimum absolute atomic E-state index is 0.169. The van der Waals surface area contributed by atoms with Crippen LogP contribution in [0.4, 0.5) is 10.6 Å². The highest BCUT2D eigenvalue weighted by Gasteiger charge is 2.16. The van der Waals surface area contributed by atoms with Crippen LogP contribution in [0.5, 0.6) is 0 Å². The molecule has 0 bridgehead atoms. The first-order chi connectivity index (χ1) is 15.0. The van der Waals surface area contributed by atoms with Gasteiger partial charge in [0.05, 0.1) is 35.5 Å². The van der Waals surface area contributed by atoms with E-state index >= 15 is 0 Å². The van der Waals surface area contributed by atoms with Crippen LogP contribution in [0, 0.1) is 0 Å². The Kier molecular flexibility index (Phi) is 4.39. The molecule has 0 atom stereocenters. The standard InChI is InChI=1S/C21H21N9O/c1-22-20-17-18(29(3)12-24-17)14-9-16(26-19(14)27-20)15-6-4-5-13(25-15)10-28(2)21(31)30-8-7-23-11-30/h4-9,11-12H,10H2,1-3H3,(H2,22,26,27). The van der Waals surface area contributed by atoms with Crippen molar-refractivity contribution in [3.05, 3.63) is 55.0 Å². The number of imidazole rings is 2. The molecule has 156 valence electrons. The summed E-state index contributed by atoms with van der Waals surface area (Å²) < 4.78 is 3.42. The van der Waals surface area contributed by atoms with Crippen molar-refractivity contribution in [2.45, 2.75) is 6.54 Å². The number of aromatic nitrogens is 7. The average molecular weight is 415 g/mol. The van der Waals surface area contributed by atoms with Gasteiger partial charge >= 0.3 is 6.03 Å². The highest BCUT2D eigenvalue weighted by molar-refractivity contribution is 6.07. The van der Waals surface area contributed by atoms with E-state index in [2.05, 4.69) is 25.3 Å². The lowest BCUT2D eigenvalue weighted by Gasteiger charge is -2.16. The number of aryl methyl sites for hydroxylation is 1. The first-order valence-electron chi connectivity index (χ1n) is 9.76. The Labute approximate surface area is 177 Å². The number of aromatic amines is 1. The van der Waals surface area contributed by atoms with Crippen molar-refractivity contribution in [3.63, 3.8) is 0 Å². The molecule has 0 aromatic carbocycles. The molecule has 10 heteroatoms. The van der Waals surface area contributed by atoms with Gasteiger partial charge in [-0.1, -0.05) is 6.07 Å². The smallest absolute Gasteiger partial charge is 0.329 e. The topological polar surface area (TPSA) is 110 Å². The minimum atomic E-state index is -0.169. The molecular formula is C21H21N9O. The van der Waals surface area contributed by atoms with E-state index in [9.17, 15) is 4.79 Å². The molecule has 2 N–H and O–H groups in total. The highest BCUT2D eigenvalue weighted by Crippen LogP contribution is 2.31. The van der Waals surface area contributed by atoms with E-state index in [1.807, 2.05) is 42.9 Å². The maximum Gasteiger partial charge on any atom is 0.329 e. The van der Waals surface area contributed by atoms with Crippen LogP contribution in [0.15, 0.2) is 49.3 Å². The van der Waals surface area contributed by atoms with Crippen LogP contribution in [-0.2, 0) is 13.6 Å². The van der Waals surface area contributed by atoms with Gasteiger partial charge in [-0.2, -0.15) is 0 Å². The van der Waals surface area contributed by atoms with E-state index in [1.54, 1.807) is 30.7 Å². The summed E-state index contributed by atoms with van der Waals surface area (Å²) in [4.78, 5) is 35.3. The van der Waals surface area contributed by atoms with E-state index in [4.69, 9.17) is 4.98 Å². The summed E-state index contributed by atoms with van der Waals surface area (Å²) in [7, 11) is 5.54. The summed E-state index contributed by atoms with van der Waals surface area (Å²) >= 11 is 0. The number of nitrogens with zero attached hydrogens (tertiary/aromatic N) is 7. The second-order valence-corrected chi connectivity index (χ2v) is 7.33. The molecule has 0 aliphatic rings. The van der Waals surface area contributed by atoms with Crippen LogP contribution in [0.2, 0.25) is 0 Å². The first kappa shape index (κ1) is 18.8. The van der Waals surface area contributed by atoms with Gasteiger partial charge in [0.15, 0.2) is 5.82 Å². The molecule has 5 aromatic rings. The van der Waals surface area contributed by atoms with Crippen LogP contribution >= 0.6 is 0 Å². The Bertz CT molecular complexity index is 1400. The monoisotopic (exact) mass is 415 g/mol. The molecule has 0 aliphatic heterocycles. The van der Waals surface area contributed by atoms with Crippen LogP contribution in [-0.4, -0.2) is 59.1 Å². The lowest BCUT2D eigenvalue weighted by atomic mass is 10.2. The predicted octanol–water partition coefficient (Wildman–Crippen LogP) is 2.85. The second-order valence-electron chi connectivity index (χ2n) is 7.33. The third-order valence-corrected chi connectivity index (χ3v) is 5.21. The van der Waals surface area contributed by atoms with Crippen LogP contribution in [0.1, 0.15) is 5.69 Å². The zero-order valence-corrected chi connectivity index (χ0v) is 17.4. The van der Waals surface area contributed by atoms with Crippen molar-refractivity contribution in [1.82, 2.24) is 39.0 Å². The van der Waals surface area contributed by atoms with Crippen molar-refractivity contribution in [2.24, 2.45) is 7.05 Å². The van der Waals surface area contributed by atoms with Crippen molar-refractivity contribution in [3.8, 4) is 11.4 Å². The van der Waals surface area contributed by atoms with Gasteiger partial charge in [-0.05, 0) is 18.2 Å². The third kappa shape index (κ3) is 3.18. The number of pyridine rings is 2. The highest BCUT2D eigenvalue weighted by atomic mass is 16.2. The molecule has 10 nitrogen and oxygen atoms in total. The molecule has 0 saturated carbocycles. The molecule has 0 aliphatic carbocycles. The molecule has 1 amide bonds. The third-order valence-electron chi connectivity index (χ3n) is 5.21. The summed E-state index contributed by atoms with van der Waals surface area (Å²) in [6, 6.07) is 7.65. The van der Waals surface area contributed by atoms with Crippen molar-refractivity contribution in [1.29, 1.82) is 0 Å². The molecule has 0 saturated heterocycles. The van der Waals surface area contributed by atoms with Gasteiger partial charge in [-0.25, -0.2) is 24.7 Å². The molecular weight excluding hydrogens is 394 g/mol. The van der Waals surface area contributed by atoms with E-state index in [0.29, 0.717) is 6.54 Å². The summed E-state index contributed by atoms with van der Waals surface area (Å²) in [5, 5.41) is 4.09. The Morgan fingerprint density at radius 2 is 2.13 bits per heavy atom. The number of hydrogen-bond acceptors (Lipinski definition) is 6. The fourth-order valence-corrected chi connectivity index (χ4v) is 3.71. The molecule has 0 fully saturated rings. The maximum atomic E-state index is 12.5. The number of carbonyl (C=O) groups is 1. The molecule has 5 heterocycles. The van der Waals surface area contributed by atoms with Gasteiger partial charge in [0.2, 0.25) is 0 Å². The molecule has 0 unspecified atom stereocenters. The Morgan fingerprint density at radius 3 is 2.90 bits per heavy atom. The number of carbonyl (C=O) groups excluding carboxylic acids is 1. The van der Waals surface area contributed by atoms with Gasteiger partial charge in [-0.3, -0.25) is 4.57 Å². The average Bonchev–Trinajstić information content (AvgIpc) is 3.52. The molecule has 5 aromatic heterocycles. The normalized spacial score (nSPS) is 11.3. The second kappa shape index (κ2) is 7.24. The predicted molar refractivity (Wildman–Crippen MR) is 118 cm³/mol. The molecule has 0 radical (unpaired) electrons. The molecule has 5 rings (SSSR count). The van der Waals surface area contributed by atoms with Gasteiger partial charge in [0.1, 0.15) is 17.5 Å². The van der Waals surface area contributed by atoms with E-state index in [-0.39, 0.29) is 6.03 Å². The van der Waals surface area contributed by atoms with Gasteiger partial charge in [0, 0.05) is 38.9 Å². The number of hydrogen-bond donors (Lipinski definition) is 2. The Hall–Kier alpha value is -4.21. The van der Waals surface area contributed by atoms with E-state index in [1.165, 1.54) is 10.9 Å². The van der Waals surface area contributed by atoms with Crippen molar-refractivity contribution in [2.75, 3.05) is 19.4 Å². The molecule has 0 spiro atoms. The van der Waals surface area contributed by atoms with Crippen LogP contribution in [0.25, 0.3) is 33.5 Å². The van der Waals surface area contributed by atoms with Crippen LogP contribution < -0.4 is 5.32 Å². The first-order valence-corrected chi connectivity index (χ1v) is 9.76. The lowest BCUT2D eigenvalue weighted by Crippen LogP contribution is -2.30. The minimum Gasteiger partial charge on any atom is -0.371 e. The lowest BCUT2D eigenvalue weighted by molar-refractivity contribution is 0.208. The van der Waals surface area contributed by atoms with Crippen LogP contribution in [0.3, 0.4) is 0 Å². The molecule has 31 heavy (non-hydrogen) atoms. The summed E-state index contributed by atoms with van der Waals surface area (Å²) in [6.07, 6.45) is 6.47. The zero-order valence-electron chi connectivity index (χ0n) is 17.4. The maximum absolute atomic E-state index is 12.5. The number of fused-ring (bicyclic) bond motifs is 3. The van der Waals surface area contributed by atoms with E-state index < -0.39 is 0 Å². The van der Waals surface area contributed by atoms with Gasteiger partial charge in [-0.15, -0.1) is 0 Å². The van der Waals surface area contributed by atoms with Crippen molar-refractivity contribution < 1.29 is 4.79 Å². The van der Waals surface area contributed by atoms with Gasteiger partial charge in [0.25, 0.3) is 0 Å². The van der Waals surface area contributed by atoms with E-state index in [0.717, 1.165) is 45.0 Å². The summed E-state index contributed by atoms with van der Waals surface area (Å²) in [6.45, 7) is 0.374. The summed E-state index contributed by atoms with van der Waals surface area (Å²) in [5.74, 6) is 0.720. The van der Waals surface area contributed by atoms with Crippen molar-refractivity contribution >= 4 is 33.9 Å². The number of amides is 1. The van der Waals surface area contributed by atoms with Gasteiger partial charge < -0.3 is 19.8 Å². The Balaban J connectivity index is 1.50. The Morgan fingerprint density at radius 1 is 1.26 bits per heavy atom. The SMILES string of the molecule is CNc1nc2[nH]c(-c3cccc(CN(C)C(=O)n4ccnc4)n3)cc2c2c1ncn2C. The quantitative estimate of drug-likeness (QED) is 0.467. The number of nitrogens with one attached hydrogen (secondary N) is 2. The fourth-order valence-electron chi connectivity index (χ4n) is 3.71. The number of H-pyrrole nitrogens is 1. The summed E-state index contributed by atoms with van der Waals surface area (Å²) in [5.41, 5.74) is 4.99. The zero-order chi connectivity index (χ0) is 21.5. The fraction of sp³-hybridized carbons (Fsp3) is 0.190. The number of anilines is 1. The number of rotatable bonds is 4.